The molecular weight excluding hydrogens is 240 g/mol. The molecule has 2 unspecified atom stereocenters. The van der Waals surface area contributed by atoms with Gasteiger partial charge < -0.3 is 15.4 Å². The summed E-state index contributed by atoms with van der Waals surface area (Å²) in [6.07, 6.45) is 7.84. The summed E-state index contributed by atoms with van der Waals surface area (Å²) in [5.41, 5.74) is 0. The minimum Gasteiger partial charge on any atom is -0.378 e. The van der Waals surface area contributed by atoms with E-state index in [1.165, 1.54) is 12.8 Å². The Labute approximate surface area is 116 Å². The average Bonchev–Trinajstić information content (AvgIpc) is 2.40. The van der Waals surface area contributed by atoms with E-state index < -0.39 is 0 Å². The summed E-state index contributed by atoms with van der Waals surface area (Å²) >= 11 is 0. The van der Waals surface area contributed by atoms with E-state index in [9.17, 15) is 4.79 Å². The molecule has 0 aromatic rings. The van der Waals surface area contributed by atoms with Crippen LogP contribution in [0.2, 0.25) is 0 Å². The Kier molecular flexibility index (Phi) is 6.11. The van der Waals surface area contributed by atoms with Crippen molar-refractivity contribution in [2.45, 2.75) is 64.0 Å². The van der Waals surface area contributed by atoms with E-state index >= 15 is 0 Å². The summed E-state index contributed by atoms with van der Waals surface area (Å²) in [6.45, 7) is 4.92. The predicted octanol–water partition coefficient (Wildman–Crippen LogP) is 1.84. The second-order valence-corrected chi connectivity index (χ2v) is 6.11. The Morgan fingerprint density at radius 1 is 1.26 bits per heavy atom. The largest absolute Gasteiger partial charge is 0.378 e. The summed E-state index contributed by atoms with van der Waals surface area (Å²) in [5, 5.41) is 6.47. The number of piperidine rings is 1. The smallest absolute Gasteiger partial charge is 0.222 e. The molecule has 0 radical (unpaired) electrons. The number of rotatable bonds is 5. The lowest BCUT2D eigenvalue weighted by atomic mass is 9.87. The van der Waals surface area contributed by atoms with Crippen molar-refractivity contribution in [2.75, 3.05) is 19.7 Å². The fraction of sp³-hybridized carbons (Fsp3) is 0.933. The molecule has 1 amide bonds. The standard InChI is InChI=1S/C15H28N2O2/c1-12-3-2-4-13(11-12)17-15(18)7-10-19-14-5-8-16-9-6-14/h12-14,16H,2-11H2,1H3,(H,17,18). The summed E-state index contributed by atoms with van der Waals surface area (Å²) in [5.74, 6) is 0.915. The quantitative estimate of drug-likeness (QED) is 0.800. The van der Waals surface area contributed by atoms with Gasteiger partial charge in [-0.1, -0.05) is 19.8 Å². The lowest BCUT2D eigenvalue weighted by Crippen LogP contribution is -2.38. The molecule has 2 N–H and O–H groups in total. The number of carbonyl (C=O) groups excluding carboxylic acids is 1. The monoisotopic (exact) mass is 268 g/mol. The van der Waals surface area contributed by atoms with Crippen molar-refractivity contribution in [1.82, 2.24) is 10.6 Å². The molecule has 0 aromatic carbocycles. The molecule has 4 nitrogen and oxygen atoms in total. The predicted molar refractivity (Wildman–Crippen MR) is 76.0 cm³/mol. The molecular formula is C15H28N2O2. The van der Waals surface area contributed by atoms with Crippen molar-refractivity contribution >= 4 is 5.91 Å². The van der Waals surface area contributed by atoms with Gasteiger partial charge in [-0.3, -0.25) is 4.79 Å². The van der Waals surface area contributed by atoms with E-state index in [0.717, 1.165) is 44.7 Å². The third-order valence-corrected chi connectivity index (χ3v) is 4.27. The normalized spacial score (nSPS) is 29.1. The van der Waals surface area contributed by atoms with Gasteiger partial charge in [-0.05, 0) is 44.7 Å². The van der Waals surface area contributed by atoms with Gasteiger partial charge in [0, 0.05) is 12.5 Å². The van der Waals surface area contributed by atoms with Crippen LogP contribution in [-0.4, -0.2) is 37.7 Å². The van der Waals surface area contributed by atoms with Crippen LogP contribution < -0.4 is 10.6 Å². The fourth-order valence-corrected chi connectivity index (χ4v) is 3.15. The molecule has 0 bridgehead atoms. The van der Waals surface area contributed by atoms with Gasteiger partial charge in [-0.25, -0.2) is 0 Å². The Balaban J connectivity index is 1.56. The van der Waals surface area contributed by atoms with Crippen molar-refractivity contribution < 1.29 is 9.53 Å². The lowest BCUT2D eigenvalue weighted by Gasteiger charge is -2.27. The van der Waals surface area contributed by atoms with Crippen LogP contribution >= 0.6 is 0 Å². The van der Waals surface area contributed by atoms with E-state index in [1.807, 2.05) is 0 Å². The lowest BCUT2D eigenvalue weighted by molar-refractivity contribution is -0.123. The van der Waals surface area contributed by atoms with Crippen LogP contribution in [0.5, 0.6) is 0 Å². The molecule has 2 fully saturated rings. The van der Waals surface area contributed by atoms with E-state index in [-0.39, 0.29) is 5.91 Å². The molecule has 0 spiro atoms. The SMILES string of the molecule is CC1CCCC(NC(=O)CCOC2CCNCC2)C1. The van der Waals surface area contributed by atoms with E-state index in [0.29, 0.717) is 25.2 Å². The van der Waals surface area contributed by atoms with Crippen molar-refractivity contribution in [1.29, 1.82) is 0 Å². The Morgan fingerprint density at radius 2 is 2.05 bits per heavy atom. The van der Waals surface area contributed by atoms with Gasteiger partial charge in [0.15, 0.2) is 0 Å². The summed E-state index contributed by atoms with van der Waals surface area (Å²) < 4.78 is 5.76. The topological polar surface area (TPSA) is 50.4 Å². The number of hydrogen-bond donors (Lipinski definition) is 2. The number of carbonyl (C=O) groups is 1. The van der Waals surface area contributed by atoms with Gasteiger partial charge in [0.05, 0.1) is 12.7 Å². The average molecular weight is 268 g/mol. The molecule has 1 aliphatic carbocycles. The minimum atomic E-state index is 0.160. The first-order valence-electron chi connectivity index (χ1n) is 7.85. The Bertz CT molecular complexity index is 277. The highest BCUT2D eigenvalue weighted by atomic mass is 16.5. The van der Waals surface area contributed by atoms with Crippen LogP contribution in [0.15, 0.2) is 0 Å². The molecule has 1 heterocycles. The van der Waals surface area contributed by atoms with Gasteiger partial charge in [-0.2, -0.15) is 0 Å². The first kappa shape index (κ1) is 14.8. The van der Waals surface area contributed by atoms with Crippen LogP contribution in [0.25, 0.3) is 0 Å². The molecule has 4 heteroatoms. The van der Waals surface area contributed by atoms with Crippen LogP contribution in [0.4, 0.5) is 0 Å². The zero-order valence-electron chi connectivity index (χ0n) is 12.1. The Hall–Kier alpha value is -0.610. The maximum absolute atomic E-state index is 11.9. The highest BCUT2D eigenvalue weighted by Gasteiger charge is 2.20. The van der Waals surface area contributed by atoms with Crippen LogP contribution in [0.1, 0.15) is 51.9 Å². The summed E-state index contributed by atoms with van der Waals surface area (Å²) in [6, 6.07) is 0.398. The third kappa shape index (κ3) is 5.49. The summed E-state index contributed by atoms with van der Waals surface area (Å²) in [7, 11) is 0. The van der Waals surface area contributed by atoms with Crippen molar-refractivity contribution in [3.63, 3.8) is 0 Å². The molecule has 2 aliphatic rings. The van der Waals surface area contributed by atoms with Crippen LogP contribution in [-0.2, 0) is 9.53 Å². The Morgan fingerprint density at radius 3 is 2.79 bits per heavy atom. The highest BCUT2D eigenvalue weighted by Crippen LogP contribution is 2.23. The molecule has 2 atom stereocenters. The van der Waals surface area contributed by atoms with Gasteiger partial charge in [0.1, 0.15) is 0 Å². The zero-order valence-corrected chi connectivity index (χ0v) is 12.1. The van der Waals surface area contributed by atoms with Crippen LogP contribution in [0.3, 0.4) is 0 Å². The molecule has 1 aliphatic heterocycles. The number of ether oxygens (including phenoxy) is 1. The first-order valence-corrected chi connectivity index (χ1v) is 7.85. The van der Waals surface area contributed by atoms with Crippen LogP contribution in [0, 0.1) is 5.92 Å². The first-order chi connectivity index (χ1) is 9.24. The second-order valence-electron chi connectivity index (χ2n) is 6.11. The van der Waals surface area contributed by atoms with Crippen molar-refractivity contribution in [3.05, 3.63) is 0 Å². The van der Waals surface area contributed by atoms with Crippen molar-refractivity contribution in [3.8, 4) is 0 Å². The number of amides is 1. The fourth-order valence-electron chi connectivity index (χ4n) is 3.15. The minimum absolute atomic E-state index is 0.160. The highest BCUT2D eigenvalue weighted by molar-refractivity contribution is 5.76. The molecule has 19 heavy (non-hydrogen) atoms. The molecule has 1 saturated carbocycles. The third-order valence-electron chi connectivity index (χ3n) is 4.27. The van der Waals surface area contributed by atoms with Gasteiger partial charge in [-0.15, -0.1) is 0 Å². The molecule has 110 valence electrons. The van der Waals surface area contributed by atoms with E-state index in [4.69, 9.17) is 4.74 Å². The summed E-state index contributed by atoms with van der Waals surface area (Å²) in [4.78, 5) is 11.9. The van der Waals surface area contributed by atoms with Gasteiger partial charge in [0.2, 0.25) is 5.91 Å². The number of hydrogen-bond acceptors (Lipinski definition) is 3. The molecule has 1 saturated heterocycles. The van der Waals surface area contributed by atoms with E-state index in [2.05, 4.69) is 17.6 Å². The molecule has 2 rings (SSSR count). The maximum Gasteiger partial charge on any atom is 0.222 e. The van der Waals surface area contributed by atoms with Gasteiger partial charge >= 0.3 is 0 Å². The second kappa shape index (κ2) is 7.85. The number of nitrogens with one attached hydrogen (secondary N) is 2. The molecule has 0 aromatic heterocycles. The van der Waals surface area contributed by atoms with Crippen molar-refractivity contribution in [2.24, 2.45) is 5.92 Å². The zero-order chi connectivity index (χ0) is 13.5. The van der Waals surface area contributed by atoms with Gasteiger partial charge in [0.25, 0.3) is 0 Å². The van der Waals surface area contributed by atoms with E-state index in [1.54, 1.807) is 0 Å². The maximum atomic E-state index is 11.9.